The number of nitrogens with zero attached hydrogens (tertiary/aromatic N) is 5. The van der Waals surface area contributed by atoms with Crippen LogP contribution < -0.4 is 17.2 Å². The summed E-state index contributed by atoms with van der Waals surface area (Å²) >= 11 is 0. The molecule has 0 aromatic rings. The summed E-state index contributed by atoms with van der Waals surface area (Å²) in [6.07, 6.45) is 17.0. The van der Waals surface area contributed by atoms with Gasteiger partial charge in [-0.15, -0.1) is 0 Å². The van der Waals surface area contributed by atoms with Crippen molar-refractivity contribution in [3.8, 4) is 0 Å². The van der Waals surface area contributed by atoms with Crippen LogP contribution >= 0.6 is 0 Å². The fraction of sp³-hybridized carbons (Fsp3) is 1.00. The minimum absolute atomic E-state index is 0.0288. The number of hydrogen-bond acceptors (Lipinski definition) is 8. The molecule has 57 heavy (non-hydrogen) atoms. The number of likely N-dealkylation sites (tertiary alicyclic amines) is 5. The van der Waals surface area contributed by atoms with Gasteiger partial charge < -0.3 is 27.0 Å². The molecular weight excluding hydrogens is 708 g/mol. The fourth-order valence-corrected chi connectivity index (χ4v) is 12.0. The summed E-state index contributed by atoms with van der Waals surface area (Å²) in [7, 11) is 0. The molecule has 9 heteroatoms. The molecule has 5 saturated heterocycles. The normalized spacial score (nSPS) is 37.6. The van der Waals surface area contributed by atoms with E-state index in [-0.39, 0.29) is 6.04 Å². The Bertz CT molecular complexity index is 1050. The van der Waals surface area contributed by atoms with Crippen molar-refractivity contribution in [3.63, 3.8) is 0 Å². The molecule has 3 aliphatic carbocycles. The number of piperidine rings is 5. The first-order valence-corrected chi connectivity index (χ1v) is 24.6. The summed E-state index contributed by atoms with van der Waals surface area (Å²) in [6, 6.07) is 5.66. The van der Waals surface area contributed by atoms with Crippen LogP contribution in [-0.4, -0.2) is 143 Å². The van der Waals surface area contributed by atoms with Gasteiger partial charge in [-0.1, -0.05) is 25.7 Å². The van der Waals surface area contributed by atoms with Gasteiger partial charge in [-0.25, -0.2) is 4.39 Å². The van der Waals surface area contributed by atoms with E-state index < -0.39 is 6.17 Å². The van der Waals surface area contributed by atoms with E-state index in [4.69, 9.17) is 17.2 Å². The number of rotatable bonds is 5. The summed E-state index contributed by atoms with van der Waals surface area (Å²) in [4.78, 5) is 12.5. The standard InChI is InChI=1S/2C11H21N.C9H18N2.C9H20N2.C8H17FN2/c2*1-9(2)12-7-6-10-4-3-5-11(10)8-12;1-6(2)11-5-7-3-4-8(11)9(7)10;1-7(2)11-6-9(10)5-4-8(11)3;1-6(2)11-4-7(9)3-8(10)5-11/h2*9-11H,3-8H2,1-2H3;6-9H,3-5,10H2,1-2H3;7-9H,4-6,10H2,1-3H3;6-8H,3-5,10H2,1-2H3/t2*10-,11+;7?,8?,9-;8-,9+;7-,8-/m10011/s1. The summed E-state index contributed by atoms with van der Waals surface area (Å²) in [5.74, 6) is 5.12. The maximum atomic E-state index is 12.9. The summed E-state index contributed by atoms with van der Waals surface area (Å²) in [6.45, 7) is 34.0. The smallest absolute Gasteiger partial charge is 0.114 e. The van der Waals surface area contributed by atoms with E-state index >= 15 is 0 Å². The highest BCUT2D eigenvalue weighted by molar-refractivity contribution is 5.02. The Hall–Kier alpha value is -0.390. The van der Waals surface area contributed by atoms with Gasteiger partial charge in [-0.2, -0.15) is 0 Å². The van der Waals surface area contributed by atoms with Gasteiger partial charge in [0.1, 0.15) is 6.17 Å². The third-order valence-corrected chi connectivity index (χ3v) is 15.8. The van der Waals surface area contributed by atoms with E-state index in [9.17, 15) is 4.39 Å². The first kappa shape index (κ1) is 49.3. The quantitative estimate of drug-likeness (QED) is 0.259. The van der Waals surface area contributed by atoms with Crippen molar-refractivity contribution in [3.05, 3.63) is 0 Å². The van der Waals surface area contributed by atoms with Crippen LogP contribution in [-0.2, 0) is 0 Å². The minimum Gasteiger partial charge on any atom is -0.327 e. The number of halogens is 1. The largest absolute Gasteiger partial charge is 0.327 e. The average Bonchev–Trinajstić information content (AvgIpc) is 3.97. The van der Waals surface area contributed by atoms with Crippen molar-refractivity contribution in [2.45, 2.75) is 226 Å². The second-order valence-corrected chi connectivity index (χ2v) is 21.5. The zero-order chi connectivity index (χ0) is 42.0. The van der Waals surface area contributed by atoms with Crippen molar-refractivity contribution in [1.82, 2.24) is 24.5 Å². The van der Waals surface area contributed by atoms with Crippen molar-refractivity contribution in [2.24, 2.45) is 46.8 Å². The van der Waals surface area contributed by atoms with Gasteiger partial charge in [0.2, 0.25) is 0 Å². The average molecular weight is 805 g/mol. The summed E-state index contributed by atoms with van der Waals surface area (Å²) < 4.78 is 12.9. The molecule has 0 spiro atoms. The SMILES string of the molecule is CC(C)N1CC2CCC1[C@H]2N.CC(C)N1CC[C@@H]2CCC[C@@H]2C1.CC(C)N1CC[C@H]2CCC[C@H]2C1.CC(C)N1C[C@@H](N)CC[C@H]1C.CC(C)N1C[C@H](N)C[C@@H](F)C1. The Morgan fingerprint density at radius 1 is 0.439 bits per heavy atom. The molecule has 0 radical (unpaired) electrons. The molecule has 336 valence electrons. The number of hydrogen-bond donors (Lipinski definition) is 3. The monoisotopic (exact) mass is 805 g/mol. The van der Waals surface area contributed by atoms with E-state index in [1.54, 1.807) is 0 Å². The van der Waals surface area contributed by atoms with E-state index in [2.05, 4.69) is 101 Å². The Balaban J connectivity index is 0.000000158. The lowest BCUT2D eigenvalue weighted by molar-refractivity contribution is 0.0987. The van der Waals surface area contributed by atoms with Gasteiger partial charge in [0.25, 0.3) is 0 Å². The molecule has 11 atom stereocenters. The highest BCUT2D eigenvalue weighted by Crippen LogP contribution is 2.39. The Kier molecular flexibility index (Phi) is 20.5. The van der Waals surface area contributed by atoms with E-state index in [1.807, 2.05) is 0 Å². The lowest BCUT2D eigenvalue weighted by Gasteiger charge is -2.39. The second-order valence-electron chi connectivity index (χ2n) is 21.5. The first-order valence-electron chi connectivity index (χ1n) is 24.6. The van der Waals surface area contributed by atoms with Crippen molar-refractivity contribution >= 4 is 0 Å². The third kappa shape index (κ3) is 14.9. The van der Waals surface area contributed by atoms with Gasteiger partial charge >= 0.3 is 0 Å². The zero-order valence-corrected chi connectivity index (χ0v) is 39.4. The van der Waals surface area contributed by atoms with Crippen LogP contribution in [0.15, 0.2) is 0 Å². The molecule has 8 nitrogen and oxygen atoms in total. The van der Waals surface area contributed by atoms with Crippen molar-refractivity contribution in [1.29, 1.82) is 0 Å². The highest BCUT2D eigenvalue weighted by atomic mass is 19.1. The van der Waals surface area contributed by atoms with Crippen LogP contribution in [0.4, 0.5) is 4.39 Å². The van der Waals surface area contributed by atoms with Crippen LogP contribution in [0, 0.1) is 29.6 Å². The third-order valence-electron chi connectivity index (χ3n) is 15.8. The van der Waals surface area contributed by atoms with E-state index in [0.29, 0.717) is 49.2 Å². The van der Waals surface area contributed by atoms with Gasteiger partial charge in [0.05, 0.1) is 0 Å². The van der Waals surface area contributed by atoms with Crippen LogP contribution in [0.5, 0.6) is 0 Å². The zero-order valence-electron chi connectivity index (χ0n) is 39.4. The molecule has 0 aromatic carbocycles. The molecule has 0 aromatic heterocycles. The van der Waals surface area contributed by atoms with Crippen LogP contribution in [0.1, 0.15) is 160 Å². The van der Waals surface area contributed by atoms with Gasteiger partial charge in [0, 0.05) is 99.7 Å². The minimum atomic E-state index is -0.721. The summed E-state index contributed by atoms with van der Waals surface area (Å²) in [5.41, 5.74) is 17.6. The molecular formula is C48H97FN8. The predicted octanol–water partition coefficient (Wildman–Crippen LogP) is 7.82. The number of nitrogens with two attached hydrogens (primary N) is 3. The van der Waals surface area contributed by atoms with Gasteiger partial charge in [-0.3, -0.25) is 14.7 Å². The topological polar surface area (TPSA) is 94.3 Å². The molecule has 0 amide bonds. The molecule has 2 unspecified atom stereocenters. The predicted molar refractivity (Wildman–Crippen MR) is 243 cm³/mol. The summed E-state index contributed by atoms with van der Waals surface area (Å²) in [5, 5.41) is 0. The van der Waals surface area contributed by atoms with E-state index in [0.717, 1.165) is 60.8 Å². The molecule has 8 fully saturated rings. The lowest BCUT2D eigenvalue weighted by atomic mass is 9.88. The van der Waals surface area contributed by atoms with Crippen molar-refractivity contribution < 1.29 is 4.39 Å². The maximum Gasteiger partial charge on any atom is 0.114 e. The molecule has 5 aliphatic heterocycles. The van der Waals surface area contributed by atoms with Crippen LogP contribution in [0.25, 0.3) is 0 Å². The molecule has 8 aliphatic rings. The van der Waals surface area contributed by atoms with Crippen LogP contribution in [0.3, 0.4) is 0 Å². The molecule has 6 N–H and O–H groups in total. The van der Waals surface area contributed by atoms with Gasteiger partial charge in [0.15, 0.2) is 0 Å². The number of fused-ring (bicyclic) bond motifs is 4. The molecule has 3 saturated carbocycles. The number of alkyl halides is 1. The fourth-order valence-electron chi connectivity index (χ4n) is 12.0. The van der Waals surface area contributed by atoms with Crippen molar-refractivity contribution in [2.75, 3.05) is 52.4 Å². The van der Waals surface area contributed by atoms with Gasteiger partial charge in [-0.05, 0) is 177 Å². The van der Waals surface area contributed by atoms with E-state index in [1.165, 1.54) is 110 Å². The first-order chi connectivity index (χ1) is 26.9. The second kappa shape index (κ2) is 23.7. The molecule has 5 heterocycles. The molecule has 8 rings (SSSR count). The maximum absolute atomic E-state index is 12.9. The Labute approximate surface area is 353 Å². The molecule has 2 bridgehead atoms. The highest BCUT2D eigenvalue weighted by Gasteiger charge is 2.45. The Morgan fingerprint density at radius 3 is 1.33 bits per heavy atom. The van der Waals surface area contributed by atoms with Crippen LogP contribution in [0.2, 0.25) is 0 Å². The lowest BCUT2D eigenvalue weighted by Crippen LogP contribution is -2.50. The Morgan fingerprint density at radius 2 is 0.947 bits per heavy atom.